The molecule has 140 valence electrons. The number of amides is 1. The molecule has 1 saturated heterocycles. The molecule has 1 aromatic carbocycles. The number of carbonyl (C=O) groups excluding carboxylic acids is 1. The van der Waals surface area contributed by atoms with Gasteiger partial charge in [0, 0.05) is 38.4 Å². The molecule has 0 saturated carbocycles. The summed E-state index contributed by atoms with van der Waals surface area (Å²) in [6, 6.07) is 7.51. The molecule has 0 spiro atoms. The molecular weight excluding hydrogens is 322 g/mol. The van der Waals surface area contributed by atoms with E-state index in [9.17, 15) is 15.0 Å². The van der Waals surface area contributed by atoms with E-state index in [2.05, 4.69) is 15.5 Å². The van der Waals surface area contributed by atoms with E-state index >= 15 is 0 Å². The number of rotatable bonds is 5. The Bertz CT molecular complexity index is 568. The zero-order valence-electron chi connectivity index (χ0n) is 15.2. The molecular formula is C18H29N3O4. The minimum Gasteiger partial charge on any atom is -0.444 e. The number of alkyl carbamates (subject to hydrolysis) is 1. The molecule has 4 N–H and O–H groups in total. The Hall–Kier alpha value is -1.83. The molecule has 1 aliphatic heterocycles. The van der Waals surface area contributed by atoms with Gasteiger partial charge in [-0.25, -0.2) is 4.79 Å². The normalized spacial score (nSPS) is 17.7. The Morgan fingerprint density at radius 1 is 1.32 bits per heavy atom. The number of nitrogens with zero attached hydrogens (tertiary/aromatic N) is 1. The van der Waals surface area contributed by atoms with Gasteiger partial charge in [-0.2, -0.15) is 0 Å². The summed E-state index contributed by atoms with van der Waals surface area (Å²) in [6.07, 6.45) is -2.82. The van der Waals surface area contributed by atoms with Crippen LogP contribution in [0, 0.1) is 0 Å². The summed E-state index contributed by atoms with van der Waals surface area (Å²) in [5.41, 5.74) is 1.03. The number of nitrogens with one attached hydrogen (secondary N) is 2. The van der Waals surface area contributed by atoms with E-state index in [1.807, 2.05) is 18.2 Å². The van der Waals surface area contributed by atoms with E-state index in [-0.39, 0.29) is 6.54 Å². The summed E-state index contributed by atoms with van der Waals surface area (Å²) in [7, 11) is 0. The summed E-state index contributed by atoms with van der Waals surface area (Å²) < 4.78 is 5.12. The van der Waals surface area contributed by atoms with E-state index in [0.717, 1.165) is 31.9 Å². The van der Waals surface area contributed by atoms with Gasteiger partial charge in [-0.1, -0.05) is 12.1 Å². The second-order valence-electron chi connectivity index (χ2n) is 7.23. The van der Waals surface area contributed by atoms with Crippen LogP contribution in [-0.4, -0.2) is 60.7 Å². The first-order valence-electron chi connectivity index (χ1n) is 8.65. The predicted molar refractivity (Wildman–Crippen MR) is 96.7 cm³/mol. The third-order valence-corrected chi connectivity index (χ3v) is 3.91. The third-order valence-electron chi connectivity index (χ3n) is 3.91. The molecule has 0 aromatic heterocycles. The Morgan fingerprint density at radius 3 is 2.64 bits per heavy atom. The lowest BCUT2D eigenvalue weighted by Gasteiger charge is -2.30. The number of aliphatic hydroxyl groups is 2. The van der Waals surface area contributed by atoms with Crippen LogP contribution in [0.2, 0.25) is 0 Å². The monoisotopic (exact) mass is 351 g/mol. The fourth-order valence-corrected chi connectivity index (χ4v) is 2.66. The Morgan fingerprint density at radius 2 is 2.00 bits per heavy atom. The van der Waals surface area contributed by atoms with E-state index in [1.54, 1.807) is 26.8 Å². The number of piperazine rings is 1. The number of ether oxygens (including phenoxy) is 1. The van der Waals surface area contributed by atoms with Crippen molar-refractivity contribution in [3.63, 3.8) is 0 Å². The summed E-state index contributed by atoms with van der Waals surface area (Å²) in [6.45, 7) is 8.86. The van der Waals surface area contributed by atoms with Gasteiger partial charge in [-0.3, -0.25) is 0 Å². The lowest BCUT2D eigenvalue weighted by Crippen LogP contribution is -2.43. The first-order valence-corrected chi connectivity index (χ1v) is 8.65. The molecule has 1 amide bonds. The molecule has 0 aliphatic carbocycles. The first-order chi connectivity index (χ1) is 11.8. The highest BCUT2D eigenvalue weighted by Gasteiger charge is 2.22. The Labute approximate surface area is 149 Å². The second-order valence-corrected chi connectivity index (χ2v) is 7.23. The van der Waals surface area contributed by atoms with Gasteiger partial charge in [0.15, 0.2) is 0 Å². The molecule has 0 bridgehead atoms. The smallest absolute Gasteiger partial charge is 0.407 e. The van der Waals surface area contributed by atoms with Gasteiger partial charge in [0.25, 0.3) is 0 Å². The maximum atomic E-state index is 11.6. The van der Waals surface area contributed by atoms with E-state index in [1.165, 1.54) is 0 Å². The van der Waals surface area contributed by atoms with Gasteiger partial charge in [-0.15, -0.1) is 0 Å². The van der Waals surface area contributed by atoms with Crippen LogP contribution in [0.25, 0.3) is 0 Å². The van der Waals surface area contributed by atoms with Crippen molar-refractivity contribution in [2.75, 3.05) is 37.6 Å². The average molecular weight is 351 g/mol. The minimum atomic E-state index is -1.12. The van der Waals surface area contributed by atoms with Crippen LogP contribution in [0.4, 0.5) is 10.5 Å². The predicted octanol–water partition coefficient (Wildman–Crippen LogP) is 1.02. The first kappa shape index (κ1) is 19.5. The van der Waals surface area contributed by atoms with Crippen LogP contribution < -0.4 is 15.5 Å². The van der Waals surface area contributed by atoms with Gasteiger partial charge in [-0.05, 0) is 38.5 Å². The molecule has 7 heteroatoms. The summed E-state index contributed by atoms with van der Waals surface area (Å²) in [5, 5.41) is 26.3. The molecule has 25 heavy (non-hydrogen) atoms. The van der Waals surface area contributed by atoms with E-state index in [4.69, 9.17) is 4.74 Å². The van der Waals surface area contributed by atoms with Crippen molar-refractivity contribution in [1.29, 1.82) is 0 Å². The largest absolute Gasteiger partial charge is 0.444 e. The molecule has 0 radical (unpaired) electrons. The number of anilines is 1. The number of benzene rings is 1. The molecule has 1 fully saturated rings. The fourth-order valence-electron chi connectivity index (χ4n) is 2.66. The van der Waals surface area contributed by atoms with Crippen LogP contribution in [0.3, 0.4) is 0 Å². The van der Waals surface area contributed by atoms with Gasteiger partial charge < -0.3 is 30.5 Å². The zero-order chi connectivity index (χ0) is 18.4. The number of hydrogen-bond donors (Lipinski definition) is 4. The number of aliphatic hydroxyl groups excluding tert-OH is 2. The molecule has 1 aliphatic rings. The highest BCUT2D eigenvalue weighted by Crippen LogP contribution is 2.23. The summed E-state index contributed by atoms with van der Waals surface area (Å²) in [4.78, 5) is 13.9. The standard InChI is InChI=1S/C18H29N3O4/c1-18(2,3)25-17(24)20-12-15(22)16(23)13-5-4-6-14(11-13)21-9-7-19-8-10-21/h4-6,11,15-16,19,22-23H,7-10,12H2,1-3H3,(H,20,24). The maximum absolute atomic E-state index is 11.6. The zero-order valence-corrected chi connectivity index (χ0v) is 15.2. The molecule has 1 aromatic rings. The van der Waals surface area contributed by atoms with Gasteiger partial charge in [0.2, 0.25) is 0 Å². The summed E-state index contributed by atoms with van der Waals surface area (Å²) >= 11 is 0. The lowest BCUT2D eigenvalue weighted by atomic mass is 10.0. The van der Waals surface area contributed by atoms with Crippen LogP contribution in [0.15, 0.2) is 24.3 Å². The Balaban J connectivity index is 1.92. The molecule has 1 heterocycles. The van der Waals surface area contributed by atoms with Crippen molar-refractivity contribution in [2.45, 2.75) is 38.6 Å². The van der Waals surface area contributed by atoms with Crippen LogP contribution in [0.1, 0.15) is 32.4 Å². The van der Waals surface area contributed by atoms with Crippen LogP contribution >= 0.6 is 0 Å². The van der Waals surface area contributed by atoms with Crippen molar-refractivity contribution in [2.24, 2.45) is 0 Å². The highest BCUT2D eigenvalue weighted by atomic mass is 16.6. The molecule has 2 rings (SSSR count). The lowest BCUT2D eigenvalue weighted by molar-refractivity contribution is 0.0129. The van der Waals surface area contributed by atoms with Gasteiger partial charge in [0.1, 0.15) is 17.8 Å². The SMILES string of the molecule is CC(C)(C)OC(=O)NCC(O)C(O)c1cccc(N2CCNCC2)c1. The van der Waals surface area contributed by atoms with Gasteiger partial charge >= 0.3 is 6.09 Å². The molecule has 2 unspecified atom stereocenters. The number of hydrogen-bond acceptors (Lipinski definition) is 6. The highest BCUT2D eigenvalue weighted by molar-refractivity contribution is 5.67. The van der Waals surface area contributed by atoms with Crippen LogP contribution in [-0.2, 0) is 4.74 Å². The van der Waals surface area contributed by atoms with Gasteiger partial charge in [0.05, 0.1) is 0 Å². The average Bonchev–Trinajstić information content (AvgIpc) is 2.58. The topological polar surface area (TPSA) is 94.1 Å². The minimum absolute atomic E-state index is 0.0893. The molecule has 2 atom stereocenters. The maximum Gasteiger partial charge on any atom is 0.407 e. The quantitative estimate of drug-likeness (QED) is 0.633. The third kappa shape index (κ3) is 6.19. The van der Waals surface area contributed by atoms with Crippen molar-refractivity contribution < 1.29 is 19.7 Å². The number of carbonyl (C=O) groups is 1. The fraction of sp³-hybridized carbons (Fsp3) is 0.611. The molecule has 7 nitrogen and oxygen atoms in total. The van der Waals surface area contributed by atoms with Crippen LogP contribution in [0.5, 0.6) is 0 Å². The van der Waals surface area contributed by atoms with Crippen molar-refractivity contribution in [1.82, 2.24) is 10.6 Å². The van der Waals surface area contributed by atoms with E-state index < -0.39 is 23.9 Å². The second kappa shape index (κ2) is 8.51. The van der Waals surface area contributed by atoms with Crippen molar-refractivity contribution in [3.05, 3.63) is 29.8 Å². The van der Waals surface area contributed by atoms with Crippen molar-refractivity contribution >= 4 is 11.8 Å². The Kier molecular flexibility index (Phi) is 6.64. The van der Waals surface area contributed by atoms with E-state index in [0.29, 0.717) is 5.56 Å². The summed E-state index contributed by atoms with van der Waals surface area (Å²) in [5.74, 6) is 0. The van der Waals surface area contributed by atoms with Crippen molar-refractivity contribution in [3.8, 4) is 0 Å².